The zero-order valence-electron chi connectivity index (χ0n) is 15.6. The summed E-state index contributed by atoms with van der Waals surface area (Å²) in [7, 11) is 0. The SMILES string of the molecule is C[C@H](Sc1nnc(-c2cccs2)n1-c1ccccc1)C(=O)NC[C@H]1CCCO1. The number of ether oxygens (including phenoxy) is 1. The molecular weight excluding hydrogens is 392 g/mol. The van der Waals surface area contributed by atoms with E-state index in [-0.39, 0.29) is 17.3 Å². The van der Waals surface area contributed by atoms with Gasteiger partial charge in [-0.05, 0) is 43.3 Å². The van der Waals surface area contributed by atoms with Crippen LogP contribution in [0.5, 0.6) is 0 Å². The lowest BCUT2D eigenvalue weighted by Gasteiger charge is -2.15. The van der Waals surface area contributed by atoms with E-state index in [2.05, 4.69) is 15.5 Å². The Morgan fingerprint density at radius 2 is 2.18 bits per heavy atom. The Morgan fingerprint density at radius 3 is 2.89 bits per heavy atom. The molecule has 0 saturated carbocycles. The van der Waals surface area contributed by atoms with Gasteiger partial charge in [0, 0.05) is 18.8 Å². The van der Waals surface area contributed by atoms with Gasteiger partial charge in [0.1, 0.15) is 0 Å². The van der Waals surface area contributed by atoms with Crippen molar-refractivity contribution in [1.29, 1.82) is 0 Å². The first-order valence-corrected chi connectivity index (χ1v) is 11.1. The second-order valence-electron chi connectivity index (χ2n) is 6.59. The number of nitrogens with zero attached hydrogens (tertiary/aromatic N) is 3. The minimum Gasteiger partial charge on any atom is -0.376 e. The molecular formula is C20H22N4O2S2. The highest BCUT2D eigenvalue weighted by Crippen LogP contribution is 2.32. The molecule has 0 radical (unpaired) electrons. The molecule has 3 aromatic rings. The molecule has 4 rings (SSSR count). The molecule has 0 spiro atoms. The van der Waals surface area contributed by atoms with Crippen molar-refractivity contribution in [3.8, 4) is 16.4 Å². The van der Waals surface area contributed by atoms with Gasteiger partial charge in [-0.25, -0.2) is 0 Å². The van der Waals surface area contributed by atoms with Crippen LogP contribution in [0.3, 0.4) is 0 Å². The fourth-order valence-electron chi connectivity index (χ4n) is 3.10. The highest BCUT2D eigenvalue weighted by molar-refractivity contribution is 8.00. The van der Waals surface area contributed by atoms with Crippen LogP contribution in [0.1, 0.15) is 19.8 Å². The third-order valence-corrected chi connectivity index (χ3v) is 6.48. The highest BCUT2D eigenvalue weighted by atomic mass is 32.2. The number of benzene rings is 1. The number of carbonyl (C=O) groups is 1. The first-order chi connectivity index (χ1) is 13.7. The van der Waals surface area contributed by atoms with Crippen molar-refractivity contribution >= 4 is 29.0 Å². The van der Waals surface area contributed by atoms with Crippen LogP contribution in [0.2, 0.25) is 0 Å². The van der Waals surface area contributed by atoms with E-state index in [0.29, 0.717) is 11.7 Å². The molecule has 2 atom stereocenters. The van der Waals surface area contributed by atoms with E-state index in [4.69, 9.17) is 4.74 Å². The Kier molecular flexibility index (Phi) is 6.09. The fraction of sp³-hybridized carbons (Fsp3) is 0.350. The molecule has 28 heavy (non-hydrogen) atoms. The number of amides is 1. The third kappa shape index (κ3) is 4.29. The fourth-order valence-corrected chi connectivity index (χ4v) is 4.69. The molecule has 1 saturated heterocycles. The van der Waals surface area contributed by atoms with Gasteiger partial charge in [-0.2, -0.15) is 0 Å². The summed E-state index contributed by atoms with van der Waals surface area (Å²) in [5.41, 5.74) is 0.977. The maximum Gasteiger partial charge on any atom is 0.233 e. The normalized spacial score (nSPS) is 17.5. The zero-order chi connectivity index (χ0) is 19.3. The van der Waals surface area contributed by atoms with Gasteiger partial charge < -0.3 is 10.1 Å². The molecule has 1 fully saturated rings. The van der Waals surface area contributed by atoms with Crippen LogP contribution in [0.15, 0.2) is 53.0 Å². The number of hydrogen-bond acceptors (Lipinski definition) is 6. The Morgan fingerprint density at radius 1 is 1.32 bits per heavy atom. The molecule has 3 heterocycles. The number of carbonyl (C=O) groups excluding carboxylic acids is 1. The first-order valence-electron chi connectivity index (χ1n) is 9.33. The van der Waals surface area contributed by atoms with Crippen LogP contribution < -0.4 is 5.32 Å². The summed E-state index contributed by atoms with van der Waals surface area (Å²) in [6.07, 6.45) is 2.21. The monoisotopic (exact) mass is 414 g/mol. The second-order valence-corrected chi connectivity index (χ2v) is 8.85. The van der Waals surface area contributed by atoms with Crippen molar-refractivity contribution in [1.82, 2.24) is 20.1 Å². The van der Waals surface area contributed by atoms with Gasteiger partial charge in [-0.1, -0.05) is 36.0 Å². The molecule has 0 aliphatic carbocycles. The van der Waals surface area contributed by atoms with Crippen molar-refractivity contribution in [3.63, 3.8) is 0 Å². The number of nitrogens with one attached hydrogen (secondary N) is 1. The summed E-state index contributed by atoms with van der Waals surface area (Å²) in [5.74, 6) is 0.774. The average Bonchev–Trinajstić information content (AvgIpc) is 3.47. The molecule has 1 aliphatic rings. The van der Waals surface area contributed by atoms with E-state index in [1.54, 1.807) is 11.3 Å². The van der Waals surface area contributed by atoms with Crippen LogP contribution in [0.4, 0.5) is 0 Å². The van der Waals surface area contributed by atoms with Gasteiger partial charge in [0.15, 0.2) is 11.0 Å². The zero-order valence-corrected chi connectivity index (χ0v) is 17.2. The molecule has 6 nitrogen and oxygen atoms in total. The Balaban J connectivity index is 1.53. The number of para-hydroxylation sites is 1. The van der Waals surface area contributed by atoms with E-state index in [1.807, 2.05) is 59.3 Å². The summed E-state index contributed by atoms with van der Waals surface area (Å²) in [6, 6.07) is 14.0. The van der Waals surface area contributed by atoms with E-state index >= 15 is 0 Å². The van der Waals surface area contributed by atoms with E-state index < -0.39 is 0 Å². The van der Waals surface area contributed by atoms with Crippen molar-refractivity contribution in [2.24, 2.45) is 0 Å². The minimum absolute atomic E-state index is 0.0132. The van der Waals surface area contributed by atoms with Crippen LogP contribution in [-0.2, 0) is 9.53 Å². The van der Waals surface area contributed by atoms with Crippen LogP contribution in [0.25, 0.3) is 16.4 Å². The topological polar surface area (TPSA) is 69.0 Å². The lowest BCUT2D eigenvalue weighted by Crippen LogP contribution is -2.36. The van der Waals surface area contributed by atoms with Crippen molar-refractivity contribution in [3.05, 3.63) is 47.8 Å². The number of aromatic nitrogens is 3. The molecule has 0 bridgehead atoms. The van der Waals surface area contributed by atoms with Crippen molar-refractivity contribution < 1.29 is 9.53 Å². The molecule has 8 heteroatoms. The smallest absolute Gasteiger partial charge is 0.233 e. The summed E-state index contributed by atoms with van der Waals surface area (Å²) < 4.78 is 7.59. The van der Waals surface area contributed by atoms with Crippen LogP contribution >= 0.6 is 23.1 Å². The van der Waals surface area contributed by atoms with Gasteiger partial charge in [-0.15, -0.1) is 21.5 Å². The van der Waals surface area contributed by atoms with Gasteiger partial charge in [0.2, 0.25) is 5.91 Å². The number of rotatable bonds is 7. The standard InChI is InChI=1S/C20H22N4O2S2/c1-14(19(25)21-13-16-9-5-11-26-16)28-20-23-22-18(17-10-6-12-27-17)24(20)15-7-3-2-4-8-15/h2-4,6-8,10,12,14,16H,5,9,11,13H2,1H3,(H,21,25)/t14-,16+/m0/s1. The van der Waals surface area contributed by atoms with Crippen molar-refractivity contribution in [2.75, 3.05) is 13.2 Å². The second kappa shape index (κ2) is 8.89. The summed E-state index contributed by atoms with van der Waals surface area (Å²) in [6.45, 7) is 3.25. The molecule has 1 N–H and O–H groups in total. The molecule has 1 aromatic carbocycles. The Bertz CT molecular complexity index is 906. The maximum atomic E-state index is 12.5. The Hall–Kier alpha value is -2.16. The van der Waals surface area contributed by atoms with Crippen molar-refractivity contribution in [2.45, 2.75) is 36.3 Å². The highest BCUT2D eigenvalue weighted by Gasteiger charge is 2.23. The van der Waals surface area contributed by atoms with Gasteiger partial charge in [-0.3, -0.25) is 9.36 Å². The predicted molar refractivity (Wildman–Crippen MR) is 112 cm³/mol. The first kappa shape index (κ1) is 19.2. The van der Waals surface area contributed by atoms with E-state index in [0.717, 1.165) is 35.8 Å². The van der Waals surface area contributed by atoms with E-state index in [1.165, 1.54) is 11.8 Å². The summed E-state index contributed by atoms with van der Waals surface area (Å²) in [5, 5.41) is 14.2. The molecule has 0 unspecified atom stereocenters. The van der Waals surface area contributed by atoms with Gasteiger partial charge in [0.05, 0.1) is 16.2 Å². The largest absolute Gasteiger partial charge is 0.376 e. The molecule has 1 amide bonds. The molecule has 1 aliphatic heterocycles. The van der Waals surface area contributed by atoms with E-state index in [9.17, 15) is 4.79 Å². The number of hydrogen-bond donors (Lipinski definition) is 1. The lowest BCUT2D eigenvalue weighted by atomic mass is 10.2. The number of thioether (sulfide) groups is 1. The van der Waals surface area contributed by atoms with Gasteiger partial charge >= 0.3 is 0 Å². The average molecular weight is 415 g/mol. The number of thiophene rings is 1. The van der Waals surface area contributed by atoms with Gasteiger partial charge in [0.25, 0.3) is 0 Å². The molecule has 146 valence electrons. The summed E-state index contributed by atoms with van der Waals surface area (Å²) in [4.78, 5) is 13.6. The summed E-state index contributed by atoms with van der Waals surface area (Å²) >= 11 is 3.03. The van der Waals surface area contributed by atoms with Crippen LogP contribution in [0, 0.1) is 0 Å². The maximum absolute atomic E-state index is 12.5. The Labute approximate surface area is 172 Å². The predicted octanol–water partition coefficient (Wildman–Crippen LogP) is 3.77. The minimum atomic E-state index is -0.288. The van der Waals surface area contributed by atoms with Crippen LogP contribution in [-0.4, -0.2) is 45.2 Å². The third-order valence-electron chi connectivity index (χ3n) is 4.57. The lowest BCUT2D eigenvalue weighted by molar-refractivity contribution is -0.120. The molecule has 2 aromatic heterocycles. The quantitative estimate of drug-likeness (QED) is 0.596.